The molecular formula is C23H22F3NO9. The van der Waals surface area contributed by atoms with E-state index in [1.165, 1.54) is 43.5 Å². The Morgan fingerprint density at radius 1 is 1.00 bits per heavy atom. The van der Waals surface area contributed by atoms with Crippen LogP contribution in [0.1, 0.15) is 17.7 Å². The standard InChI is InChI=1S/C20H18F3NO5.C3H4O4/c1-24(2)10-14-15(25)9-8-13-16(26)18(19(20(21,22)23)29-17(13)14)28-12-6-4-11(27-3)5-7-12;4-2(5)1-3(6)7/h4-9,25H,10H2,1-3H3;1H2,(H,4,5)(H,6,7). The molecule has 0 unspecified atom stereocenters. The summed E-state index contributed by atoms with van der Waals surface area (Å²) in [6.07, 6.45) is -5.80. The third kappa shape index (κ3) is 7.12. The number of phenolic OH excluding ortho intramolecular Hbond substituents is 1. The van der Waals surface area contributed by atoms with Crippen molar-refractivity contribution in [1.82, 2.24) is 4.90 Å². The van der Waals surface area contributed by atoms with Crippen LogP contribution in [0.4, 0.5) is 13.2 Å². The molecular weight excluding hydrogens is 491 g/mol. The van der Waals surface area contributed by atoms with Gasteiger partial charge >= 0.3 is 18.1 Å². The van der Waals surface area contributed by atoms with E-state index in [1.54, 1.807) is 19.0 Å². The van der Waals surface area contributed by atoms with Crippen molar-refractivity contribution in [1.29, 1.82) is 0 Å². The number of phenols is 1. The van der Waals surface area contributed by atoms with E-state index in [-0.39, 0.29) is 34.6 Å². The predicted octanol–water partition coefficient (Wildman–Crippen LogP) is 3.93. The smallest absolute Gasteiger partial charge is 0.453 e. The lowest BCUT2D eigenvalue weighted by Gasteiger charge is -2.17. The van der Waals surface area contributed by atoms with Gasteiger partial charge in [0, 0.05) is 6.54 Å². The molecule has 0 spiro atoms. The first-order chi connectivity index (χ1) is 16.7. The fourth-order valence-electron chi connectivity index (χ4n) is 2.93. The molecule has 0 aliphatic heterocycles. The summed E-state index contributed by atoms with van der Waals surface area (Å²) in [6, 6.07) is 8.16. The fraction of sp³-hybridized carbons (Fsp3) is 0.261. The number of rotatable bonds is 7. The number of aliphatic carboxylic acids is 2. The Kier molecular flexibility index (Phi) is 8.90. The summed E-state index contributed by atoms with van der Waals surface area (Å²) in [5.41, 5.74) is -1.25. The van der Waals surface area contributed by atoms with E-state index < -0.39 is 41.5 Å². The molecule has 0 saturated heterocycles. The average molecular weight is 513 g/mol. The van der Waals surface area contributed by atoms with Crippen LogP contribution in [0.5, 0.6) is 23.0 Å². The predicted molar refractivity (Wildman–Crippen MR) is 119 cm³/mol. The minimum atomic E-state index is -4.99. The van der Waals surface area contributed by atoms with Crippen LogP contribution < -0.4 is 14.9 Å². The zero-order chi connectivity index (χ0) is 27.2. The highest BCUT2D eigenvalue weighted by Gasteiger charge is 2.41. The van der Waals surface area contributed by atoms with Crippen LogP contribution in [-0.4, -0.2) is 53.4 Å². The van der Waals surface area contributed by atoms with Crippen LogP contribution in [0.2, 0.25) is 0 Å². The maximum Gasteiger partial charge on any atom is 0.453 e. The van der Waals surface area contributed by atoms with Gasteiger partial charge in [0.25, 0.3) is 5.76 Å². The molecule has 2 aromatic carbocycles. The Labute approximate surface area is 201 Å². The molecule has 0 atom stereocenters. The minimum absolute atomic E-state index is 0.00948. The first-order valence-corrected chi connectivity index (χ1v) is 10.0. The van der Waals surface area contributed by atoms with Crippen molar-refractivity contribution in [3.63, 3.8) is 0 Å². The molecule has 0 amide bonds. The van der Waals surface area contributed by atoms with Gasteiger partial charge in [0.05, 0.1) is 18.1 Å². The van der Waals surface area contributed by atoms with Crippen molar-refractivity contribution < 1.29 is 52.0 Å². The molecule has 36 heavy (non-hydrogen) atoms. The fourth-order valence-corrected chi connectivity index (χ4v) is 2.93. The summed E-state index contributed by atoms with van der Waals surface area (Å²) in [5, 5.41) is 25.4. The van der Waals surface area contributed by atoms with E-state index in [0.29, 0.717) is 5.75 Å². The molecule has 0 bridgehead atoms. The Balaban J connectivity index is 0.000000572. The summed E-state index contributed by atoms with van der Waals surface area (Å²) in [6.45, 7) is 0.0715. The molecule has 13 heteroatoms. The van der Waals surface area contributed by atoms with Gasteiger partial charge in [-0.2, -0.15) is 13.2 Å². The number of nitrogens with zero attached hydrogens (tertiary/aromatic N) is 1. The maximum atomic E-state index is 13.7. The van der Waals surface area contributed by atoms with Gasteiger partial charge in [0.1, 0.15) is 29.3 Å². The second kappa shape index (κ2) is 11.4. The monoisotopic (exact) mass is 513 g/mol. The van der Waals surface area contributed by atoms with Gasteiger partial charge < -0.3 is 34.1 Å². The van der Waals surface area contributed by atoms with Crippen LogP contribution >= 0.6 is 0 Å². The van der Waals surface area contributed by atoms with Crippen LogP contribution in [0.15, 0.2) is 45.6 Å². The van der Waals surface area contributed by atoms with Crippen LogP contribution in [0, 0.1) is 0 Å². The molecule has 1 aromatic heterocycles. The molecule has 1 heterocycles. The number of fused-ring (bicyclic) bond motifs is 1. The Morgan fingerprint density at radius 2 is 1.56 bits per heavy atom. The molecule has 0 fully saturated rings. The zero-order valence-electron chi connectivity index (χ0n) is 19.3. The maximum absolute atomic E-state index is 13.7. The lowest BCUT2D eigenvalue weighted by molar-refractivity contribution is -0.154. The second-order valence-electron chi connectivity index (χ2n) is 7.51. The van der Waals surface area contributed by atoms with Crippen molar-refractivity contribution in [2.24, 2.45) is 0 Å². The molecule has 3 rings (SSSR count). The number of halogens is 3. The van der Waals surface area contributed by atoms with Crippen molar-refractivity contribution in [2.75, 3.05) is 21.2 Å². The van der Waals surface area contributed by atoms with E-state index in [9.17, 15) is 32.7 Å². The van der Waals surface area contributed by atoms with Gasteiger partial charge in [-0.05, 0) is 50.5 Å². The van der Waals surface area contributed by atoms with Crippen LogP contribution in [-0.2, 0) is 22.3 Å². The largest absolute Gasteiger partial charge is 0.507 e. The second-order valence-corrected chi connectivity index (χ2v) is 7.51. The first-order valence-electron chi connectivity index (χ1n) is 10.0. The van der Waals surface area contributed by atoms with Gasteiger partial charge in [-0.1, -0.05) is 0 Å². The zero-order valence-corrected chi connectivity index (χ0v) is 19.3. The summed E-state index contributed by atoms with van der Waals surface area (Å²) in [4.78, 5) is 33.4. The topological polar surface area (TPSA) is 147 Å². The van der Waals surface area contributed by atoms with Crippen molar-refractivity contribution in [3.8, 4) is 23.0 Å². The van der Waals surface area contributed by atoms with Crippen molar-refractivity contribution in [3.05, 3.63) is 57.9 Å². The quantitative estimate of drug-likeness (QED) is 0.397. The molecule has 3 N–H and O–H groups in total. The summed E-state index contributed by atoms with van der Waals surface area (Å²) in [7, 11) is 4.78. The van der Waals surface area contributed by atoms with Crippen molar-refractivity contribution >= 4 is 22.9 Å². The van der Waals surface area contributed by atoms with E-state index in [4.69, 9.17) is 24.1 Å². The summed E-state index contributed by atoms with van der Waals surface area (Å²) in [5.74, 6) is -4.96. The minimum Gasteiger partial charge on any atom is -0.507 e. The normalized spacial score (nSPS) is 11.1. The Bertz CT molecular complexity index is 1290. The average Bonchev–Trinajstić information content (AvgIpc) is 2.76. The van der Waals surface area contributed by atoms with Crippen LogP contribution in [0.3, 0.4) is 0 Å². The lowest BCUT2D eigenvalue weighted by atomic mass is 10.1. The van der Waals surface area contributed by atoms with Crippen LogP contribution in [0.25, 0.3) is 11.0 Å². The number of carboxylic acids is 2. The number of methoxy groups -OCH3 is 1. The molecule has 3 aromatic rings. The third-order valence-electron chi connectivity index (χ3n) is 4.41. The SMILES string of the molecule is COc1ccc(Oc2c(C(F)(F)F)oc3c(CN(C)C)c(O)ccc3c2=O)cc1.O=C(O)CC(=O)O. The number of hydrogen-bond donors (Lipinski definition) is 3. The molecule has 10 nitrogen and oxygen atoms in total. The Hall–Kier alpha value is -4.26. The third-order valence-corrected chi connectivity index (χ3v) is 4.41. The number of benzene rings is 2. The van der Waals surface area contributed by atoms with E-state index in [2.05, 4.69) is 0 Å². The number of carboxylic acid groups (broad SMARTS) is 2. The van der Waals surface area contributed by atoms with Gasteiger partial charge in [0.15, 0.2) is 0 Å². The summed E-state index contributed by atoms with van der Waals surface area (Å²) < 4.78 is 56.4. The number of aromatic hydroxyl groups is 1. The highest BCUT2D eigenvalue weighted by Crippen LogP contribution is 2.40. The number of carbonyl (C=O) groups is 2. The van der Waals surface area contributed by atoms with Gasteiger partial charge in [-0.15, -0.1) is 0 Å². The lowest BCUT2D eigenvalue weighted by Crippen LogP contribution is -2.17. The highest BCUT2D eigenvalue weighted by molar-refractivity contribution is 5.88. The van der Waals surface area contributed by atoms with Gasteiger partial charge in [-0.25, -0.2) is 0 Å². The number of ether oxygens (including phenoxy) is 2. The van der Waals surface area contributed by atoms with E-state index >= 15 is 0 Å². The first kappa shape index (κ1) is 28.0. The summed E-state index contributed by atoms with van der Waals surface area (Å²) >= 11 is 0. The Morgan fingerprint density at radius 3 is 2.00 bits per heavy atom. The van der Waals surface area contributed by atoms with Gasteiger partial charge in [-0.3, -0.25) is 14.4 Å². The van der Waals surface area contributed by atoms with E-state index in [1.807, 2.05) is 0 Å². The van der Waals surface area contributed by atoms with E-state index in [0.717, 1.165) is 0 Å². The van der Waals surface area contributed by atoms with Crippen molar-refractivity contribution in [2.45, 2.75) is 19.1 Å². The molecule has 0 aliphatic carbocycles. The molecule has 0 radical (unpaired) electrons. The number of hydrogen-bond acceptors (Lipinski definition) is 8. The molecule has 0 aliphatic rings. The highest BCUT2D eigenvalue weighted by atomic mass is 19.4. The van der Waals surface area contributed by atoms with Gasteiger partial charge in [0.2, 0.25) is 11.2 Å². The molecule has 194 valence electrons. The molecule has 0 saturated carbocycles. The number of alkyl halides is 3.